The molecule has 8 heteroatoms. The SMILES string of the molecule is CC1Oc2ccc(-c3csc(Cc4ccccc4)n3)cc2N(CC(=O)Nc2ccccc2Cl)C1=O. The van der Waals surface area contributed by atoms with E-state index in [9.17, 15) is 9.59 Å². The normalized spacial score (nSPS) is 14.9. The van der Waals surface area contributed by atoms with Gasteiger partial charge in [-0.05, 0) is 42.8 Å². The summed E-state index contributed by atoms with van der Waals surface area (Å²) in [5.74, 6) is -0.0890. The first-order valence-electron chi connectivity index (χ1n) is 11.1. The number of thiazole rings is 1. The third-order valence-corrected chi connectivity index (χ3v) is 6.84. The molecular formula is C27H22ClN3O3S. The maximum atomic E-state index is 13.0. The van der Waals surface area contributed by atoms with Crippen LogP contribution < -0.4 is 15.0 Å². The van der Waals surface area contributed by atoms with Gasteiger partial charge in [-0.25, -0.2) is 4.98 Å². The second-order valence-electron chi connectivity index (χ2n) is 8.18. The Balaban J connectivity index is 1.39. The van der Waals surface area contributed by atoms with E-state index in [0.29, 0.717) is 22.1 Å². The van der Waals surface area contributed by atoms with Gasteiger partial charge in [-0.15, -0.1) is 11.3 Å². The highest BCUT2D eigenvalue weighted by molar-refractivity contribution is 7.10. The number of para-hydroxylation sites is 1. The van der Waals surface area contributed by atoms with Crippen molar-refractivity contribution in [1.29, 1.82) is 0 Å². The number of fused-ring (bicyclic) bond motifs is 1. The van der Waals surface area contributed by atoms with Gasteiger partial charge in [0.1, 0.15) is 12.3 Å². The number of benzene rings is 3. The Kier molecular flexibility index (Phi) is 6.53. The summed E-state index contributed by atoms with van der Waals surface area (Å²) < 4.78 is 5.81. The zero-order chi connectivity index (χ0) is 24.4. The van der Waals surface area contributed by atoms with Gasteiger partial charge in [0.25, 0.3) is 5.91 Å². The van der Waals surface area contributed by atoms with Crippen molar-refractivity contribution >= 4 is 46.1 Å². The van der Waals surface area contributed by atoms with Crippen molar-refractivity contribution < 1.29 is 14.3 Å². The molecule has 0 spiro atoms. The fourth-order valence-electron chi connectivity index (χ4n) is 3.92. The monoisotopic (exact) mass is 503 g/mol. The zero-order valence-electron chi connectivity index (χ0n) is 18.9. The maximum absolute atomic E-state index is 13.0. The number of halogens is 1. The summed E-state index contributed by atoms with van der Waals surface area (Å²) >= 11 is 7.76. The minimum Gasteiger partial charge on any atom is -0.479 e. The molecule has 0 aliphatic carbocycles. The summed E-state index contributed by atoms with van der Waals surface area (Å²) in [6, 6.07) is 22.8. The number of nitrogens with zero attached hydrogens (tertiary/aromatic N) is 2. The van der Waals surface area contributed by atoms with Crippen LogP contribution in [0.4, 0.5) is 11.4 Å². The Labute approximate surface area is 212 Å². The second-order valence-corrected chi connectivity index (χ2v) is 9.53. The number of hydrogen-bond donors (Lipinski definition) is 1. The van der Waals surface area contributed by atoms with E-state index in [-0.39, 0.29) is 18.4 Å². The fourth-order valence-corrected chi connectivity index (χ4v) is 4.94. The van der Waals surface area contributed by atoms with Crippen molar-refractivity contribution in [2.75, 3.05) is 16.8 Å². The molecule has 35 heavy (non-hydrogen) atoms. The Morgan fingerprint density at radius 2 is 1.89 bits per heavy atom. The number of nitrogens with one attached hydrogen (secondary N) is 1. The van der Waals surface area contributed by atoms with Crippen LogP contribution in [-0.2, 0) is 16.0 Å². The quantitative estimate of drug-likeness (QED) is 0.360. The van der Waals surface area contributed by atoms with Gasteiger partial charge in [-0.3, -0.25) is 14.5 Å². The molecule has 5 rings (SSSR count). The lowest BCUT2D eigenvalue weighted by Gasteiger charge is -2.32. The highest BCUT2D eigenvalue weighted by Crippen LogP contribution is 2.38. The minimum absolute atomic E-state index is 0.162. The number of aromatic nitrogens is 1. The van der Waals surface area contributed by atoms with Crippen molar-refractivity contribution in [2.24, 2.45) is 0 Å². The molecule has 4 aromatic rings. The number of carbonyl (C=O) groups is 2. The van der Waals surface area contributed by atoms with Gasteiger partial charge in [0.2, 0.25) is 5.91 Å². The Bertz CT molecular complexity index is 1390. The third kappa shape index (κ3) is 5.06. The summed E-state index contributed by atoms with van der Waals surface area (Å²) in [6.45, 7) is 1.51. The first-order valence-corrected chi connectivity index (χ1v) is 12.4. The van der Waals surface area contributed by atoms with Crippen LogP contribution in [0.1, 0.15) is 17.5 Å². The summed E-state index contributed by atoms with van der Waals surface area (Å²) in [6.07, 6.45) is 0.0578. The van der Waals surface area contributed by atoms with Gasteiger partial charge in [0.15, 0.2) is 6.10 Å². The molecule has 2 heterocycles. The predicted octanol–water partition coefficient (Wildman–Crippen LogP) is 5.81. The van der Waals surface area contributed by atoms with Gasteiger partial charge in [-0.1, -0.05) is 54.1 Å². The molecular weight excluding hydrogens is 482 g/mol. The van der Waals surface area contributed by atoms with E-state index in [1.54, 1.807) is 42.5 Å². The van der Waals surface area contributed by atoms with Crippen LogP contribution in [0.15, 0.2) is 78.2 Å². The fraction of sp³-hybridized carbons (Fsp3) is 0.148. The average Bonchev–Trinajstić information content (AvgIpc) is 3.32. The highest BCUT2D eigenvalue weighted by Gasteiger charge is 2.33. The largest absolute Gasteiger partial charge is 0.479 e. The van der Waals surface area contributed by atoms with Crippen molar-refractivity contribution in [3.8, 4) is 17.0 Å². The molecule has 0 saturated heterocycles. The zero-order valence-corrected chi connectivity index (χ0v) is 20.5. The molecule has 1 aliphatic heterocycles. The number of anilines is 2. The van der Waals surface area contributed by atoms with Crippen LogP contribution in [0.25, 0.3) is 11.3 Å². The maximum Gasteiger partial charge on any atom is 0.268 e. The van der Waals surface area contributed by atoms with Crippen molar-refractivity contribution in [2.45, 2.75) is 19.4 Å². The predicted molar refractivity (Wildman–Crippen MR) is 139 cm³/mol. The molecule has 6 nitrogen and oxygen atoms in total. The summed E-state index contributed by atoms with van der Waals surface area (Å²) in [5.41, 5.74) is 3.90. The van der Waals surface area contributed by atoms with Gasteiger partial charge < -0.3 is 10.1 Å². The average molecular weight is 504 g/mol. The number of ether oxygens (including phenoxy) is 1. The lowest BCUT2D eigenvalue weighted by molar-refractivity contribution is -0.127. The van der Waals surface area contributed by atoms with Crippen molar-refractivity contribution in [1.82, 2.24) is 4.98 Å². The Morgan fingerprint density at radius 1 is 1.11 bits per heavy atom. The Morgan fingerprint density at radius 3 is 2.69 bits per heavy atom. The minimum atomic E-state index is -0.696. The van der Waals surface area contributed by atoms with E-state index in [1.807, 2.05) is 41.8 Å². The van der Waals surface area contributed by atoms with Crippen LogP contribution in [0.5, 0.6) is 5.75 Å². The summed E-state index contributed by atoms with van der Waals surface area (Å²) in [4.78, 5) is 32.0. The molecule has 0 saturated carbocycles. The molecule has 3 aromatic carbocycles. The molecule has 1 atom stereocenters. The van der Waals surface area contributed by atoms with Gasteiger partial charge >= 0.3 is 0 Å². The number of amides is 2. The van der Waals surface area contributed by atoms with Crippen molar-refractivity contribution in [3.05, 3.63) is 93.8 Å². The molecule has 1 aliphatic rings. The van der Waals surface area contributed by atoms with E-state index in [1.165, 1.54) is 10.5 Å². The summed E-state index contributed by atoms with van der Waals surface area (Å²) in [5, 5.41) is 6.21. The lowest BCUT2D eigenvalue weighted by atomic mass is 10.1. The highest BCUT2D eigenvalue weighted by atomic mass is 35.5. The number of carbonyl (C=O) groups excluding carboxylic acids is 2. The van der Waals surface area contributed by atoms with Gasteiger partial charge in [0.05, 0.1) is 27.1 Å². The molecule has 0 radical (unpaired) electrons. The Hall–Kier alpha value is -3.68. The smallest absolute Gasteiger partial charge is 0.268 e. The van der Waals surface area contributed by atoms with Crippen LogP contribution in [0, 0.1) is 0 Å². The first kappa shape index (κ1) is 23.1. The van der Waals surface area contributed by atoms with Crippen LogP contribution >= 0.6 is 22.9 Å². The molecule has 1 unspecified atom stereocenters. The number of rotatable bonds is 6. The third-order valence-electron chi connectivity index (χ3n) is 5.66. The number of hydrogen-bond acceptors (Lipinski definition) is 5. The molecule has 0 bridgehead atoms. The second kappa shape index (κ2) is 9.90. The van der Waals surface area contributed by atoms with Crippen molar-refractivity contribution in [3.63, 3.8) is 0 Å². The van der Waals surface area contributed by atoms with Gasteiger partial charge in [-0.2, -0.15) is 0 Å². The first-order chi connectivity index (χ1) is 17.0. The van der Waals surface area contributed by atoms with E-state index in [4.69, 9.17) is 21.3 Å². The van der Waals surface area contributed by atoms with E-state index in [0.717, 1.165) is 22.7 Å². The summed E-state index contributed by atoms with van der Waals surface area (Å²) in [7, 11) is 0. The van der Waals surface area contributed by atoms with Crippen LogP contribution in [-0.4, -0.2) is 29.4 Å². The van der Waals surface area contributed by atoms with Crippen LogP contribution in [0.2, 0.25) is 5.02 Å². The van der Waals surface area contributed by atoms with E-state index >= 15 is 0 Å². The van der Waals surface area contributed by atoms with Crippen LogP contribution in [0.3, 0.4) is 0 Å². The van der Waals surface area contributed by atoms with Gasteiger partial charge in [0, 0.05) is 17.4 Å². The molecule has 2 amide bonds. The molecule has 1 N–H and O–H groups in total. The lowest BCUT2D eigenvalue weighted by Crippen LogP contribution is -2.47. The van der Waals surface area contributed by atoms with E-state index in [2.05, 4.69) is 17.4 Å². The topological polar surface area (TPSA) is 71.5 Å². The van der Waals surface area contributed by atoms with E-state index < -0.39 is 6.10 Å². The molecule has 176 valence electrons. The standard InChI is InChI=1S/C27H22ClN3O3S/c1-17-27(33)31(15-25(32)29-21-10-6-5-9-20(21)28)23-14-19(11-12-24(23)34-17)22-16-35-26(30-22)13-18-7-3-2-4-8-18/h2-12,14,16-17H,13,15H2,1H3,(H,29,32). The molecule has 0 fully saturated rings. The molecule has 1 aromatic heterocycles.